The molecule has 2 N–H and O–H groups in total. The van der Waals surface area contributed by atoms with E-state index in [1.54, 1.807) is 24.0 Å². The van der Waals surface area contributed by atoms with Gasteiger partial charge in [-0.05, 0) is 23.8 Å². The molecule has 1 aromatic heterocycles. The van der Waals surface area contributed by atoms with Gasteiger partial charge in [0.15, 0.2) is 0 Å². The molecule has 1 aromatic rings. The summed E-state index contributed by atoms with van der Waals surface area (Å²) < 4.78 is 4.54. The summed E-state index contributed by atoms with van der Waals surface area (Å²) in [6, 6.07) is 5.15. The quantitative estimate of drug-likeness (QED) is 0.611. The number of thioether (sulfide) groups is 1. The van der Waals surface area contributed by atoms with Crippen molar-refractivity contribution in [3.8, 4) is 6.07 Å². The maximum absolute atomic E-state index is 11.1. The van der Waals surface area contributed by atoms with Crippen LogP contribution in [-0.4, -0.2) is 29.9 Å². The molecule has 6 heteroatoms. The van der Waals surface area contributed by atoms with Crippen molar-refractivity contribution in [2.75, 3.05) is 12.9 Å². The van der Waals surface area contributed by atoms with Gasteiger partial charge in [-0.1, -0.05) is 6.07 Å². The third kappa shape index (κ3) is 4.35. The molecule has 0 saturated heterocycles. The van der Waals surface area contributed by atoms with E-state index in [9.17, 15) is 4.79 Å². The number of rotatable bonds is 6. The Hall–Kier alpha value is -1.58. The van der Waals surface area contributed by atoms with Crippen LogP contribution in [0.4, 0.5) is 0 Å². The third-order valence-corrected chi connectivity index (χ3v) is 3.37. The van der Waals surface area contributed by atoms with Crippen molar-refractivity contribution in [2.45, 2.75) is 18.2 Å². The van der Waals surface area contributed by atoms with Gasteiger partial charge in [0, 0.05) is 11.9 Å². The van der Waals surface area contributed by atoms with E-state index in [0.717, 1.165) is 11.3 Å². The number of nitrogens with two attached hydrogens (primary N) is 1. The minimum Gasteiger partial charge on any atom is -0.468 e. The number of carbonyl (C=O) groups excluding carboxylic acids is 1. The fraction of sp³-hybridized carbons (Fsp3) is 0.417. The fourth-order valence-corrected chi connectivity index (χ4v) is 2.34. The molecule has 96 valence electrons. The molecule has 1 heterocycles. The maximum Gasteiger partial charge on any atom is 0.322 e. The topological polar surface area (TPSA) is 89.0 Å². The lowest BCUT2D eigenvalue weighted by Gasteiger charge is -2.08. The van der Waals surface area contributed by atoms with Crippen LogP contribution in [0.5, 0.6) is 0 Å². The first-order chi connectivity index (χ1) is 8.69. The van der Waals surface area contributed by atoms with E-state index in [2.05, 4.69) is 9.72 Å². The molecule has 0 aliphatic rings. The number of nitriles is 1. The first-order valence-corrected chi connectivity index (χ1v) is 6.59. The zero-order chi connectivity index (χ0) is 13.4. The molecule has 1 rings (SSSR count). The van der Waals surface area contributed by atoms with E-state index in [1.165, 1.54) is 7.11 Å². The van der Waals surface area contributed by atoms with Gasteiger partial charge in [-0.15, -0.1) is 0 Å². The van der Waals surface area contributed by atoms with Gasteiger partial charge in [-0.3, -0.25) is 4.79 Å². The van der Waals surface area contributed by atoms with Crippen LogP contribution >= 0.6 is 11.8 Å². The second-order valence-corrected chi connectivity index (χ2v) is 4.70. The van der Waals surface area contributed by atoms with E-state index < -0.39 is 12.0 Å². The van der Waals surface area contributed by atoms with Crippen molar-refractivity contribution >= 4 is 17.7 Å². The Kier molecular flexibility index (Phi) is 6.19. The average Bonchev–Trinajstić information content (AvgIpc) is 2.42. The Morgan fingerprint density at radius 1 is 1.72 bits per heavy atom. The Morgan fingerprint density at radius 3 is 3.17 bits per heavy atom. The van der Waals surface area contributed by atoms with Gasteiger partial charge in [0.2, 0.25) is 0 Å². The molecular formula is C12H15N3O2S. The molecule has 0 fully saturated rings. The number of methoxy groups -OCH3 is 1. The van der Waals surface area contributed by atoms with Crippen molar-refractivity contribution in [2.24, 2.45) is 5.73 Å². The van der Waals surface area contributed by atoms with Crippen molar-refractivity contribution < 1.29 is 9.53 Å². The van der Waals surface area contributed by atoms with E-state index in [-0.39, 0.29) is 0 Å². The summed E-state index contributed by atoms with van der Waals surface area (Å²) in [6.07, 6.45) is 2.15. The van der Waals surface area contributed by atoms with E-state index >= 15 is 0 Å². The molecule has 1 unspecified atom stereocenters. The number of hydrogen-bond acceptors (Lipinski definition) is 6. The van der Waals surface area contributed by atoms with E-state index in [0.29, 0.717) is 17.9 Å². The van der Waals surface area contributed by atoms with Crippen LogP contribution < -0.4 is 5.73 Å². The molecule has 0 spiro atoms. The highest BCUT2D eigenvalue weighted by Gasteiger charge is 2.12. The molecule has 0 radical (unpaired) electrons. The number of esters is 1. The Bertz CT molecular complexity index is 445. The summed E-state index contributed by atoms with van der Waals surface area (Å²) in [7, 11) is 1.32. The van der Waals surface area contributed by atoms with Crippen molar-refractivity contribution in [1.82, 2.24) is 4.98 Å². The van der Waals surface area contributed by atoms with Gasteiger partial charge in [0.05, 0.1) is 7.11 Å². The summed E-state index contributed by atoms with van der Waals surface area (Å²) in [4.78, 5) is 15.0. The Labute approximate surface area is 110 Å². The number of ether oxygens (including phenoxy) is 1. The molecular weight excluding hydrogens is 250 g/mol. The summed E-state index contributed by atoms with van der Waals surface area (Å²) in [6.45, 7) is 0. The maximum atomic E-state index is 11.1. The van der Waals surface area contributed by atoms with Gasteiger partial charge in [-0.2, -0.15) is 17.0 Å². The van der Waals surface area contributed by atoms with Crippen LogP contribution in [0.2, 0.25) is 0 Å². The molecule has 0 amide bonds. The Morgan fingerprint density at radius 2 is 2.50 bits per heavy atom. The zero-order valence-corrected chi connectivity index (χ0v) is 10.9. The number of carbonyl (C=O) groups is 1. The SMILES string of the molecule is COC(=O)C(N)CCSCc1cccnc1C#N. The predicted molar refractivity (Wildman–Crippen MR) is 69.7 cm³/mol. The highest BCUT2D eigenvalue weighted by molar-refractivity contribution is 7.98. The fourth-order valence-electron chi connectivity index (χ4n) is 1.32. The highest BCUT2D eigenvalue weighted by Crippen LogP contribution is 2.15. The molecule has 0 aliphatic heterocycles. The normalized spacial score (nSPS) is 11.6. The number of pyridine rings is 1. The van der Waals surface area contributed by atoms with Crippen molar-refractivity contribution in [1.29, 1.82) is 5.26 Å². The monoisotopic (exact) mass is 265 g/mol. The van der Waals surface area contributed by atoms with Gasteiger partial charge in [0.1, 0.15) is 17.8 Å². The lowest BCUT2D eigenvalue weighted by Crippen LogP contribution is -2.31. The van der Waals surface area contributed by atoms with Gasteiger partial charge in [-0.25, -0.2) is 4.98 Å². The molecule has 5 nitrogen and oxygen atoms in total. The second-order valence-electron chi connectivity index (χ2n) is 3.59. The summed E-state index contributed by atoms with van der Waals surface area (Å²) in [5, 5.41) is 8.86. The molecule has 0 aliphatic carbocycles. The highest BCUT2D eigenvalue weighted by atomic mass is 32.2. The number of hydrogen-bond donors (Lipinski definition) is 1. The lowest BCUT2D eigenvalue weighted by molar-refractivity contribution is -0.142. The largest absolute Gasteiger partial charge is 0.468 e. The van der Waals surface area contributed by atoms with Crippen LogP contribution in [0.1, 0.15) is 17.7 Å². The first-order valence-electron chi connectivity index (χ1n) is 5.44. The molecule has 0 saturated carbocycles. The summed E-state index contributed by atoms with van der Waals surface area (Å²) in [5.41, 5.74) is 6.96. The van der Waals surface area contributed by atoms with Crippen LogP contribution in [0.15, 0.2) is 18.3 Å². The second kappa shape index (κ2) is 7.69. The van der Waals surface area contributed by atoms with Crippen molar-refractivity contribution in [3.05, 3.63) is 29.6 Å². The lowest BCUT2D eigenvalue weighted by atomic mass is 10.2. The smallest absolute Gasteiger partial charge is 0.322 e. The van der Waals surface area contributed by atoms with Gasteiger partial charge < -0.3 is 10.5 Å². The number of nitrogens with zero attached hydrogens (tertiary/aromatic N) is 2. The molecule has 1 atom stereocenters. The summed E-state index contributed by atoms with van der Waals surface area (Å²) >= 11 is 1.61. The van der Waals surface area contributed by atoms with E-state index in [4.69, 9.17) is 11.0 Å². The Balaban J connectivity index is 2.34. The third-order valence-electron chi connectivity index (χ3n) is 2.33. The summed E-state index contributed by atoms with van der Waals surface area (Å²) in [5.74, 6) is 1.02. The molecule has 0 bridgehead atoms. The van der Waals surface area contributed by atoms with Crippen LogP contribution in [-0.2, 0) is 15.3 Å². The molecule has 18 heavy (non-hydrogen) atoms. The first kappa shape index (κ1) is 14.5. The van der Waals surface area contributed by atoms with Gasteiger partial charge in [0.25, 0.3) is 0 Å². The minimum atomic E-state index is -0.577. The van der Waals surface area contributed by atoms with Crippen molar-refractivity contribution in [3.63, 3.8) is 0 Å². The average molecular weight is 265 g/mol. The minimum absolute atomic E-state index is 0.394. The van der Waals surface area contributed by atoms with Crippen LogP contribution in [0, 0.1) is 11.3 Å². The van der Waals surface area contributed by atoms with Gasteiger partial charge >= 0.3 is 5.97 Å². The van der Waals surface area contributed by atoms with Crippen LogP contribution in [0.3, 0.4) is 0 Å². The standard InChI is InChI=1S/C12H15N3O2S/c1-17-12(16)10(14)4-6-18-8-9-3-2-5-15-11(9)7-13/h2-3,5,10H,4,6,8,14H2,1H3. The molecule has 0 aromatic carbocycles. The zero-order valence-electron chi connectivity index (χ0n) is 10.1. The predicted octanol–water partition coefficient (Wildman–Crippen LogP) is 1.08. The van der Waals surface area contributed by atoms with E-state index in [1.807, 2.05) is 12.1 Å². The number of aromatic nitrogens is 1. The van der Waals surface area contributed by atoms with Crippen LogP contribution in [0.25, 0.3) is 0 Å².